The van der Waals surface area contributed by atoms with Gasteiger partial charge in [0.2, 0.25) is 5.91 Å². The van der Waals surface area contributed by atoms with Crippen LogP contribution in [0.3, 0.4) is 0 Å². The lowest BCUT2D eigenvalue weighted by Gasteiger charge is -2.41. The second-order valence-corrected chi connectivity index (χ2v) is 8.86. The molecule has 0 spiro atoms. The molecule has 28 heavy (non-hydrogen) atoms. The predicted octanol–water partition coefficient (Wildman–Crippen LogP) is 5.67. The van der Waals surface area contributed by atoms with Gasteiger partial charge in [0.1, 0.15) is 4.88 Å². The van der Waals surface area contributed by atoms with Crippen LogP contribution in [0.25, 0.3) is 10.4 Å². The predicted molar refractivity (Wildman–Crippen MR) is 113 cm³/mol. The van der Waals surface area contributed by atoms with Gasteiger partial charge in [-0.05, 0) is 43.2 Å². The van der Waals surface area contributed by atoms with E-state index in [0.29, 0.717) is 17.2 Å². The summed E-state index contributed by atoms with van der Waals surface area (Å²) in [7, 11) is 1.41. The molecule has 148 valence electrons. The van der Waals surface area contributed by atoms with Crippen LogP contribution in [0.1, 0.15) is 61.0 Å². The van der Waals surface area contributed by atoms with E-state index in [9.17, 15) is 9.59 Å². The maximum atomic E-state index is 13.0. The Hall–Kier alpha value is -2.14. The summed E-state index contributed by atoms with van der Waals surface area (Å²) in [6.07, 6.45) is 8.65. The first-order chi connectivity index (χ1) is 13.7. The molecule has 2 aliphatic rings. The SMILES string of the molecule is COC(=O)c1sc(-c2ccccc2)cc1N1C(=O)CCCC1C1CCCCC1. The van der Waals surface area contributed by atoms with Gasteiger partial charge in [-0.1, -0.05) is 49.6 Å². The number of carbonyl (C=O) groups is 2. The van der Waals surface area contributed by atoms with Crippen molar-refractivity contribution in [3.8, 4) is 10.4 Å². The van der Waals surface area contributed by atoms with Crippen molar-refractivity contribution in [1.82, 2.24) is 0 Å². The molecular weight excluding hydrogens is 370 g/mol. The molecule has 1 aliphatic heterocycles. The van der Waals surface area contributed by atoms with Crippen LogP contribution in [0.4, 0.5) is 5.69 Å². The zero-order valence-corrected chi connectivity index (χ0v) is 17.2. The summed E-state index contributed by atoms with van der Waals surface area (Å²) in [5.74, 6) is 0.316. The number of hydrogen-bond acceptors (Lipinski definition) is 4. The van der Waals surface area contributed by atoms with Crippen molar-refractivity contribution >= 4 is 28.9 Å². The number of carbonyl (C=O) groups excluding carboxylic acids is 2. The fourth-order valence-corrected chi connectivity index (χ4v) is 5.79. The Balaban J connectivity index is 1.76. The van der Waals surface area contributed by atoms with Gasteiger partial charge in [-0.15, -0.1) is 11.3 Å². The molecule has 2 heterocycles. The molecule has 1 saturated carbocycles. The molecule has 1 atom stereocenters. The van der Waals surface area contributed by atoms with E-state index in [1.54, 1.807) is 0 Å². The number of benzene rings is 1. The molecule has 1 aromatic heterocycles. The van der Waals surface area contributed by atoms with Crippen LogP contribution in [0, 0.1) is 5.92 Å². The van der Waals surface area contributed by atoms with Gasteiger partial charge in [0, 0.05) is 17.3 Å². The summed E-state index contributed by atoms with van der Waals surface area (Å²) < 4.78 is 5.07. The van der Waals surface area contributed by atoms with Crippen LogP contribution in [0.15, 0.2) is 36.4 Å². The Morgan fingerprint density at radius 1 is 1.07 bits per heavy atom. The molecule has 0 radical (unpaired) electrons. The Morgan fingerprint density at radius 3 is 2.54 bits per heavy atom. The zero-order valence-electron chi connectivity index (χ0n) is 16.4. The van der Waals surface area contributed by atoms with Crippen molar-refractivity contribution < 1.29 is 14.3 Å². The number of esters is 1. The zero-order chi connectivity index (χ0) is 19.5. The van der Waals surface area contributed by atoms with Gasteiger partial charge >= 0.3 is 5.97 Å². The third-order valence-corrected chi connectivity index (χ3v) is 7.24. The fourth-order valence-electron chi connectivity index (χ4n) is 4.72. The molecule has 2 fully saturated rings. The third kappa shape index (κ3) is 3.72. The molecule has 0 N–H and O–H groups in total. The second kappa shape index (κ2) is 8.48. The highest BCUT2D eigenvalue weighted by Gasteiger charge is 2.38. The quantitative estimate of drug-likeness (QED) is 0.625. The van der Waals surface area contributed by atoms with E-state index in [4.69, 9.17) is 4.74 Å². The van der Waals surface area contributed by atoms with E-state index in [2.05, 4.69) is 0 Å². The number of hydrogen-bond donors (Lipinski definition) is 0. The first-order valence-electron chi connectivity index (χ1n) is 10.3. The molecule has 0 bridgehead atoms. The van der Waals surface area contributed by atoms with Crippen molar-refractivity contribution in [1.29, 1.82) is 0 Å². The highest BCUT2D eigenvalue weighted by atomic mass is 32.1. The molecule has 4 nitrogen and oxygen atoms in total. The summed E-state index contributed by atoms with van der Waals surface area (Å²) >= 11 is 1.42. The van der Waals surface area contributed by atoms with Gasteiger partial charge in [0.05, 0.1) is 12.8 Å². The van der Waals surface area contributed by atoms with Crippen LogP contribution >= 0.6 is 11.3 Å². The minimum absolute atomic E-state index is 0.143. The normalized spacial score (nSPS) is 21.0. The largest absolute Gasteiger partial charge is 0.465 e. The van der Waals surface area contributed by atoms with Gasteiger partial charge < -0.3 is 9.64 Å². The van der Waals surface area contributed by atoms with E-state index in [-0.39, 0.29) is 17.9 Å². The number of thiophene rings is 1. The number of ether oxygens (including phenoxy) is 1. The molecule has 2 aromatic rings. The van der Waals surface area contributed by atoms with E-state index < -0.39 is 0 Å². The van der Waals surface area contributed by atoms with Gasteiger partial charge in [-0.2, -0.15) is 0 Å². The van der Waals surface area contributed by atoms with E-state index >= 15 is 0 Å². The minimum Gasteiger partial charge on any atom is -0.465 e. The van der Waals surface area contributed by atoms with Gasteiger partial charge in [-0.3, -0.25) is 4.79 Å². The summed E-state index contributed by atoms with van der Waals surface area (Å²) in [5, 5.41) is 0. The average Bonchev–Trinajstić information content (AvgIpc) is 3.19. The molecular formula is C23H27NO3S. The summed E-state index contributed by atoms with van der Waals surface area (Å²) in [6, 6.07) is 12.2. The maximum absolute atomic E-state index is 13.0. The van der Waals surface area contributed by atoms with Crippen LogP contribution < -0.4 is 4.90 Å². The number of methoxy groups -OCH3 is 1. The van der Waals surface area contributed by atoms with E-state index in [0.717, 1.165) is 29.0 Å². The molecule has 1 aliphatic carbocycles. The Bertz CT molecular complexity index is 839. The average molecular weight is 398 g/mol. The number of anilines is 1. The van der Waals surface area contributed by atoms with Gasteiger partial charge in [-0.25, -0.2) is 4.79 Å². The molecule has 5 heteroatoms. The van der Waals surface area contributed by atoms with Crippen molar-refractivity contribution in [2.75, 3.05) is 12.0 Å². The Labute approximate surface area is 170 Å². The highest BCUT2D eigenvalue weighted by Crippen LogP contribution is 2.43. The smallest absolute Gasteiger partial charge is 0.350 e. The summed E-state index contributed by atoms with van der Waals surface area (Å²) in [4.78, 5) is 29.1. The van der Waals surface area contributed by atoms with E-state index in [1.807, 2.05) is 41.3 Å². The molecule has 1 amide bonds. The van der Waals surface area contributed by atoms with Gasteiger partial charge in [0.15, 0.2) is 0 Å². The van der Waals surface area contributed by atoms with Crippen LogP contribution in [0.2, 0.25) is 0 Å². The fraction of sp³-hybridized carbons (Fsp3) is 0.478. The van der Waals surface area contributed by atoms with Crippen molar-refractivity contribution in [2.24, 2.45) is 5.92 Å². The molecule has 4 rings (SSSR count). The standard InChI is InChI=1S/C23H27NO3S/c1-27-23(26)22-19(15-20(28-22)17-11-6-3-7-12-17)24-18(13-8-14-21(24)25)16-9-4-2-5-10-16/h3,6-7,11-12,15-16,18H,2,4-5,8-10,13-14H2,1H3. The van der Waals surface area contributed by atoms with Crippen molar-refractivity contribution in [2.45, 2.75) is 57.4 Å². The molecule has 1 saturated heterocycles. The molecule has 1 aromatic carbocycles. The van der Waals surface area contributed by atoms with Crippen LogP contribution in [0.5, 0.6) is 0 Å². The van der Waals surface area contributed by atoms with Crippen LogP contribution in [-0.2, 0) is 9.53 Å². The van der Waals surface area contributed by atoms with Crippen LogP contribution in [-0.4, -0.2) is 25.0 Å². The number of piperidine rings is 1. The first kappa shape index (κ1) is 19.2. The number of amides is 1. The first-order valence-corrected chi connectivity index (χ1v) is 11.1. The summed E-state index contributed by atoms with van der Waals surface area (Å²) in [5.41, 5.74) is 1.80. The molecule has 1 unspecified atom stereocenters. The monoisotopic (exact) mass is 397 g/mol. The minimum atomic E-state index is -0.358. The van der Waals surface area contributed by atoms with Gasteiger partial charge in [0.25, 0.3) is 0 Å². The Morgan fingerprint density at radius 2 is 1.82 bits per heavy atom. The van der Waals surface area contributed by atoms with Crippen molar-refractivity contribution in [3.05, 3.63) is 41.3 Å². The second-order valence-electron chi connectivity index (χ2n) is 7.80. The lowest BCUT2D eigenvalue weighted by Crippen LogP contribution is -2.48. The lowest BCUT2D eigenvalue weighted by atomic mass is 9.79. The Kier molecular flexibility index (Phi) is 5.81. The third-order valence-electron chi connectivity index (χ3n) is 6.09. The lowest BCUT2D eigenvalue weighted by molar-refractivity contribution is -0.120. The highest BCUT2D eigenvalue weighted by molar-refractivity contribution is 7.18. The topological polar surface area (TPSA) is 46.6 Å². The maximum Gasteiger partial charge on any atom is 0.350 e. The number of nitrogens with zero attached hydrogens (tertiary/aromatic N) is 1. The van der Waals surface area contributed by atoms with E-state index in [1.165, 1.54) is 50.6 Å². The summed E-state index contributed by atoms with van der Waals surface area (Å²) in [6.45, 7) is 0. The van der Waals surface area contributed by atoms with Crippen molar-refractivity contribution in [3.63, 3.8) is 0 Å². The number of rotatable bonds is 4.